The van der Waals surface area contributed by atoms with Gasteiger partial charge in [-0.25, -0.2) is 4.79 Å². The number of carbonyl (C=O) groups is 2. The van der Waals surface area contributed by atoms with Crippen LogP contribution >= 0.6 is 0 Å². The summed E-state index contributed by atoms with van der Waals surface area (Å²) in [5.74, 6) is -0.703. The van der Waals surface area contributed by atoms with Gasteiger partial charge in [0.05, 0.1) is 11.2 Å². The molecule has 1 atom stereocenters. The normalized spacial score (nSPS) is 27.4. The molecule has 7 nitrogen and oxygen atoms in total. The van der Waals surface area contributed by atoms with Crippen LogP contribution in [0.3, 0.4) is 0 Å². The molecule has 1 saturated heterocycles. The number of nitrogens with two attached hydrogens (primary N) is 1. The number of rotatable bonds is 2. The van der Waals surface area contributed by atoms with Gasteiger partial charge in [0.15, 0.2) is 0 Å². The van der Waals surface area contributed by atoms with Crippen molar-refractivity contribution in [3.63, 3.8) is 0 Å². The van der Waals surface area contributed by atoms with Crippen LogP contribution in [0.25, 0.3) is 0 Å². The molecule has 2 aliphatic rings. The lowest BCUT2D eigenvalue weighted by Gasteiger charge is -2.32. The molecule has 8 heteroatoms. The lowest BCUT2D eigenvalue weighted by atomic mass is 9.73. The molecule has 0 saturated carbocycles. The Kier molecular flexibility index (Phi) is 3.79. The average molecular weight is 296 g/mol. The zero-order valence-corrected chi connectivity index (χ0v) is 12.8. The summed E-state index contributed by atoms with van der Waals surface area (Å²) >= 11 is 0. The predicted octanol–water partition coefficient (Wildman–Crippen LogP) is 0.782. The van der Waals surface area contributed by atoms with Gasteiger partial charge in [-0.15, -0.1) is 0 Å². The summed E-state index contributed by atoms with van der Waals surface area (Å²) in [5, 5.41) is 9.10. The zero-order chi connectivity index (χ0) is 16.0. The van der Waals surface area contributed by atoms with Crippen molar-refractivity contribution < 1.29 is 24.0 Å². The smallest absolute Gasteiger partial charge is 0.465 e. The molecule has 21 heavy (non-hydrogen) atoms. The molecule has 116 valence electrons. The molecule has 0 aromatic carbocycles. The fraction of sp³-hybridized carbons (Fsp3) is 0.692. The molecule has 0 aromatic rings. The lowest BCUT2D eigenvalue weighted by Crippen LogP contribution is -2.50. The molecular formula is C13H21BN2O5. The Balaban J connectivity index is 2.24. The largest absolute Gasteiger partial charge is 0.490 e. The summed E-state index contributed by atoms with van der Waals surface area (Å²) in [5.41, 5.74) is 5.09. The molecular weight excluding hydrogens is 275 g/mol. The first-order chi connectivity index (χ1) is 9.55. The predicted molar refractivity (Wildman–Crippen MR) is 76.5 cm³/mol. The second-order valence-electron chi connectivity index (χ2n) is 6.40. The van der Waals surface area contributed by atoms with E-state index in [0.717, 1.165) is 10.4 Å². The van der Waals surface area contributed by atoms with Crippen molar-refractivity contribution >= 4 is 19.1 Å². The van der Waals surface area contributed by atoms with Crippen LogP contribution in [0.15, 0.2) is 11.5 Å². The van der Waals surface area contributed by atoms with E-state index in [1.165, 1.54) is 0 Å². The number of primary amides is 1. The Morgan fingerprint density at radius 3 is 2.29 bits per heavy atom. The number of nitrogens with zero attached hydrogens (tertiary/aromatic N) is 1. The minimum absolute atomic E-state index is 0.193. The maximum absolute atomic E-state index is 11.5. The first kappa shape index (κ1) is 15.8. The van der Waals surface area contributed by atoms with Crippen LogP contribution in [0.1, 0.15) is 34.1 Å². The van der Waals surface area contributed by atoms with Crippen molar-refractivity contribution in [3.8, 4) is 0 Å². The van der Waals surface area contributed by atoms with E-state index in [1.54, 1.807) is 6.08 Å². The highest BCUT2D eigenvalue weighted by Crippen LogP contribution is 2.39. The quantitative estimate of drug-likeness (QED) is 0.733. The van der Waals surface area contributed by atoms with Gasteiger partial charge in [0, 0.05) is 6.54 Å². The number of hydrogen-bond donors (Lipinski definition) is 2. The first-order valence-corrected chi connectivity index (χ1v) is 6.90. The second-order valence-corrected chi connectivity index (χ2v) is 6.40. The van der Waals surface area contributed by atoms with Crippen molar-refractivity contribution in [2.75, 3.05) is 6.54 Å². The summed E-state index contributed by atoms with van der Waals surface area (Å²) in [7, 11) is -0.576. The van der Waals surface area contributed by atoms with E-state index < -0.39 is 36.4 Å². The molecule has 1 unspecified atom stereocenters. The SMILES string of the molecule is CC1(C)OB(C2=CC(C(N)=O)N(C(=O)O)CC2)OC1(C)C. The molecule has 0 radical (unpaired) electrons. The van der Waals surface area contributed by atoms with Gasteiger partial charge in [-0.3, -0.25) is 9.69 Å². The van der Waals surface area contributed by atoms with E-state index in [0.29, 0.717) is 6.42 Å². The van der Waals surface area contributed by atoms with E-state index in [4.69, 9.17) is 20.1 Å². The number of carboxylic acid groups (broad SMARTS) is 1. The summed E-state index contributed by atoms with van der Waals surface area (Å²) in [6.07, 6.45) is 0.831. The van der Waals surface area contributed by atoms with Crippen molar-refractivity contribution in [2.24, 2.45) is 5.73 Å². The lowest BCUT2D eigenvalue weighted by molar-refractivity contribution is -0.121. The highest BCUT2D eigenvalue weighted by molar-refractivity contribution is 6.54. The molecule has 2 amide bonds. The third-order valence-electron chi connectivity index (χ3n) is 4.44. The monoisotopic (exact) mass is 296 g/mol. The first-order valence-electron chi connectivity index (χ1n) is 6.90. The number of hydrogen-bond acceptors (Lipinski definition) is 4. The molecule has 3 N–H and O–H groups in total. The maximum Gasteiger partial charge on any atom is 0.490 e. The summed E-state index contributed by atoms with van der Waals surface area (Å²) < 4.78 is 11.8. The number of amides is 2. The number of carbonyl (C=O) groups excluding carboxylic acids is 1. The van der Waals surface area contributed by atoms with E-state index in [1.807, 2.05) is 27.7 Å². The van der Waals surface area contributed by atoms with Crippen LogP contribution in [0, 0.1) is 0 Å². The summed E-state index contributed by atoms with van der Waals surface area (Å²) in [6, 6.07) is -0.981. The van der Waals surface area contributed by atoms with Crippen LogP contribution < -0.4 is 5.73 Å². The van der Waals surface area contributed by atoms with E-state index in [9.17, 15) is 9.59 Å². The van der Waals surface area contributed by atoms with Crippen LogP contribution in [-0.4, -0.2) is 52.9 Å². The molecule has 0 spiro atoms. The third kappa shape index (κ3) is 2.78. The summed E-state index contributed by atoms with van der Waals surface area (Å²) in [4.78, 5) is 23.6. The van der Waals surface area contributed by atoms with E-state index >= 15 is 0 Å². The molecule has 2 aliphatic heterocycles. The van der Waals surface area contributed by atoms with Crippen molar-refractivity contribution in [2.45, 2.75) is 51.4 Å². The fourth-order valence-electron chi connectivity index (χ4n) is 2.41. The average Bonchev–Trinajstić information content (AvgIpc) is 2.57. The highest BCUT2D eigenvalue weighted by Gasteiger charge is 2.53. The van der Waals surface area contributed by atoms with Crippen LogP contribution in [0.5, 0.6) is 0 Å². The zero-order valence-electron chi connectivity index (χ0n) is 12.8. The van der Waals surface area contributed by atoms with Crippen LogP contribution in [-0.2, 0) is 14.1 Å². The Hall–Kier alpha value is -1.54. The van der Waals surface area contributed by atoms with Crippen molar-refractivity contribution in [1.29, 1.82) is 0 Å². The van der Waals surface area contributed by atoms with Crippen LogP contribution in [0.2, 0.25) is 0 Å². The Labute approximate surface area is 124 Å². The van der Waals surface area contributed by atoms with Gasteiger partial charge in [0.2, 0.25) is 5.91 Å². The molecule has 1 fully saturated rings. The second kappa shape index (κ2) is 5.03. The third-order valence-corrected chi connectivity index (χ3v) is 4.44. The van der Waals surface area contributed by atoms with Gasteiger partial charge in [0.1, 0.15) is 6.04 Å². The van der Waals surface area contributed by atoms with Gasteiger partial charge in [-0.2, -0.15) is 0 Å². The standard InChI is InChI=1S/C13H21BN2O5/c1-12(2)13(3,4)21-14(20-12)8-5-6-16(11(18)19)9(7-8)10(15)17/h7,9H,5-6H2,1-4H3,(H2,15,17)(H,18,19). The maximum atomic E-state index is 11.5. The molecule has 0 bridgehead atoms. The topological polar surface area (TPSA) is 102 Å². The molecule has 0 aromatic heterocycles. The highest BCUT2D eigenvalue weighted by atomic mass is 16.7. The van der Waals surface area contributed by atoms with E-state index in [-0.39, 0.29) is 6.54 Å². The Morgan fingerprint density at radius 1 is 1.33 bits per heavy atom. The van der Waals surface area contributed by atoms with Gasteiger partial charge in [-0.05, 0) is 39.6 Å². The Morgan fingerprint density at radius 2 is 1.86 bits per heavy atom. The molecule has 2 heterocycles. The minimum Gasteiger partial charge on any atom is -0.465 e. The van der Waals surface area contributed by atoms with Gasteiger partial charge >= 0.3 is 13.2 Å². The van der Waals surface area contributed by atoms with Crippen molar-refractivity contribution in [3.05, 3.63) is 11.5 Å². The fourth-order valence-corrected chi connectivity index (χ4v) is 2.41. The van der Waals surface area contributed by atoms with Crippen molar-refractivity contribution in [1.82, 2.24) is 4.90 Å². The van der Waals surface area contributed by atoms with Gasteiger partial charge in [0.25, 0.3) is 0 Å². The molecule has 0 aliphatic carbocycles. The summed E-state index contributed by atoms with van der Waals surface area (Å²) in [6.45, 7) is 7.94. The van der Waals surface area contributed by atoms with Crippen LogP contribution in [0.4, 0.5) is 4.79 Å². The van der Waals surface area contributed by atoms with E-state index in [2.05, 4.69) is 0 Å². The van der Waals surface area contributed by atoms with Gasteiger partial charge in [-0.1, -0.05) is 6.08 Å². The minimum atomic E-state index is -1.16. The van der Waals surface area contributed by atoms with Gasteiger partial charge < -0.3 is 20.1 Å². The Bertz CT molecular complexity index is 487. The molecule has 2 rings (SSSR count).